The van der Waals surface area contributed by atoms with Crippen molar-refractivity contribution < 1.29 is 14.3 Å². The van der Waals surface area contributed by atoms with E-state index in [0.717, 1.165) is 30.4 Å². The highest BCUT2D eigenvalue weighted by molar-refractivity contribution is 5.96. The van der Waals surface area contributed by atoms with Gasteiger partial charge in [-0.3, -0.25) is 4.79 Å². The Hall–Kier alpha value is -2.21. The van der Waals surface area contributed by atoms with Crippen molar-refractivity contribution in [2.24, 2.45) is 13.0 Å². The van der Waals surface area contributed by atoms with Gasteiger partial charge in [0.1, 0.15) is 5.56 Å². The third-order valence-electron chi connectivity index (χ3n) is 4.77. The predicted molar refractivity (Wildman–Crippen MR) is 111 cm³/mol. The predicted octanol–water partition coefficient (Wildman–Crippen LogP) is 4.58. The van der Waals surface area contributed by atoms with Gasteiger partial charge >= 0.3 is 0 Å². The van der Waals surface area contributed by atoms with Crippen LogP contribution in [0.15, 0.2) is 36.1 Å². The highest BCUT2D eigenvalue weighted by atomic mass is 19.1. The average Bonchev–Trinajstić information content (AvgIpc) is 2.86. The first-order valence-electron chi connectivity index (χ1n) is 9.92. The smallest absolute Gasteiger partial charge is 0.262 e. The van der Waals surface area contributed by atoms with Gasteiger partial charge in [-0.25, -0.2) is 4.68 Å². The molecule has 0 saturated carbocycles. The van der Waals surface area contributed by atoms with Crippen LogP contribution in [-0.4, -0.2) is 26.4 Å². The molecule has 156 valence electrons. The molecule has 0 aliphatic rings. The monoisotopic (exact) mass is 391 g/mol. The van der Waals surface area contributed by atoms with Crippen LogP contribution in [-0.2, 0) is 7.05 Å². The van der Waals surface area contributed by atoms with Crippen molar-refractivity contribution in [2.75, 3.05) is 0 Å². The maximum Gasteiger partial charge on any atom is 0.262 e. The van der Waals surface area contributed by atoms with E-state index in [-0.39, 0.29) is 11.5 Å². The summed E-state index contributed by atoms with van der Waals surface area (Å²) in [4.78, 5) is 12.7. The number of rotatable bonds is 10. The Bertz CT molecular complexity index is 739. The number of hydrogen-bond acceptors (Lipinski definition) is 3. The van der Waals surface area contributed by atoms with Crippen molar-refractivity contribution in [1.82, 2.24) is 15.1 Å². The number of aliphatic hydroxyl groups is 1. The van der Waals surface area contributed by atoms with E-state index in [9.17, 15) is 14.3 Å². The van der Waals surface area contributed by atoms with Crippen LogP contribution in [0.2, 0.25) is 0 Å². The Kier molecular flexibility index (Phi) is 9.32. The van der Waals surface area contributed by atoms with Gasteiger partial charge in [-0.05, 0) is 51.7 Å². The second-order valence-electron chi connectivity index (χ2n) is 7.31. The number of carbonyl (C=O) groups is 1. The van der Waals surface area contributed by atoms with Crippen molar-refractivity contribution in [2.45, 2.75) is 65.9 Å². The SMILES string of the molecule is C\C=C/C=C\C(=C\C(C)(O)C(CCC)CCC)NC(=O)c1c(C)nn(C)c1F. The molecule has 1 heterocycles. The van der Waals surface area contributed by atoms with Crippen molar-refractivity contribution >= 4 is 5.91 Å². The van der Waals surface area contributed by atoms with Gasteiger partial charge in [-0.1, -0.05) is 44.9 Å². The normalized spacial score (nSPS) is 15.0. The number of amides is 1. The number of carbonyl (C=O) groups excluding carboxylic acids is 1. The topological polar surface area (TPSA) is 67.2 Å². The Morgan fingerprint density at radius 2 is 1.93 bits per heavy atom. The fourth-order valence-corrected chi connectivity index (χ4v) is 3.34. The molecule has 0 saturated heterocycles. The number of nitrogens with zero attached hydrogens (tertiary/aromatic N) is 2. The number of aryl methyl sites for hydroxylation is 2. The van der Waals surface area contributed by atoms with Crippen LogP contribution in [0, 0.1) is 18.8 Å². The summed E-state index contributed by atoms with van der Waals surface area (Å²) in [6, 6.07) is 0. The third-order valence-corrected chi connectivity index (χ3v) is 4.77. The van der Waals surface area contributed by atoms with E-state index in [2.05, 4.69) is 24.3 Å². The van der Waals surface area contributed by atoms with Gasteiger partial charge in [0, 0.05) is 12.7 Å². The first kappa shape index (κ1) is 23.8. The summed E-state index contributed by atoms with van der Waals surface area (Å²) < 4.78 is 15.3. The Morgan fingerprint density at radius 1 is 1.32 bits per heavy atom. The van der Waals surface area contributed by atoms with Crippen LogP contribution < -0.4 is 5.32 Å². The highest BCUT2D eigenvalue weighted by Gasteiger charge is 2.29. The number of nitrogens with one attached hydrogen (secondary N) is 1. The summed E-state index contributed by atoms with van der Waals surface area (Å²) in [7, 11) is 1.45. The molecule has 1 aromatic rings. The molecule has 0 fully saturated rings. The highest BCUT2D eigenvalue weighted by Crippen LogP contribution is 2.29. The molecule has 0 radical (unpaired) electrons. The van der Waals surface area contributed by atoms with E-state index in [1.807, 2.05) is 19.1 Å². The standard InChI is InChI=1S/C22H34FN3O2/c1-7-10-11-14-18(15-22(5,28)17(12-8-2)13-9-3)24-21(27)19-16(4)25-26(6)20(19)23/h7,10-11,14-15,17,28H,8-9,12-13H2,1-6H3,(H,24,27)/b10-7-,14-11-,18-15-. The van der Waals surface area contributed by atoms with Crippen LogP contribution in [0.3, 0.4) is 0 Å². The molecule has 0 aliphatic carbocycles. The lowest BCUT2D eigenvalue weighted by Crippen LogP contribution is -2.35. The number of allylic oxidation sites excluding steroid dienone is 4. The van der Waals surface area contributed by atoms with Crippen LogP contribution in [0.4, 0.5) is 4.39 Å². The summed E-state index contributed by atoms with van der Waals surface area (Å²) in [6.07, 6.45) is 12.5. The zero-order valence-electron chi connectivity index (χ0n) is 17.9. The minimum absolute atomic E-state index is 0.0707. The lowest BCUT2D eigenvalue weighted by molar-refractivity contribution is 0.0359. The van der Waals surface area contributed by atoms with Crippen LogP contribution >= 0.6 is 0 Å². The molecule has 0 bridgehead atoms. The molecule has 1 aromatic heterocycles. The van der Waals surface area contributed by atoms with E-state index < -0.39 is 17.5 Å². The molecule has 0 spiro atoms. The maximum atomic E-state index is 14.2. The van der Waals surface area contributed by atoms with Gasteiger partial charge in [-0.15, -0.1) is 0 Å². The van der Waals surface area contributed by atoms with E-state index in [0.29, 0.717) is 11.4 Å². The second kappa shape index (κ2) is 11.0. The minimum Gasteiger partial charge on any atom is -0.386 e. The first-order chi connectivity index (χ1) is 13.2. The van der Waals surface area contributed by atoms with Crippen molar-refractivity contribution in [1.29, 1.82) is 0 Å². The molecule has 1 amide bonds. The van der Waals surface area contributed by atoms with Crippen LogP contribution in [0.25, 0.3) is 0 Å². The minimum atomic E-state index is -1.10. The van der Waals surface area contributed by atoms with Gasteiger partial charge in [0.25, 0.3) is 5.91 Å². The summed E-state index contributed by atoms with van der Waals surface area (Å²) in [5, 5.41) is 17.8. The number of aromatic nitrogens is 2. The van der Waals surface area contributed by atoms with E-state index in [4.69, 9.17) is 0 Å². The van der Waals surface area contributed by atoms with Gasteiger partial charge in [-0.2, -0.15) is 9.49 Å². The zero-order chi connectivity index (χ0) is 21.3. The number of halogens is 1. The van der Waals surface area contributed by atoms with E-state index >= 15 is 0 Å². The zero-order valence-corrected chi connectivity index (χ0v) is 17.9. The molecule has 5 nitrogen and oxygen atoms in total. The van der Waals surface area contributed by atoms with Crippen LogP contribution in [0.1, 0.15) is 69.4 Å². The number of hydrogen-bond donors (Lipinski definition) is 2. The van der Waals surface area contributed by atoms with Gasteiger partial charge in [0.2, 0.25) is 5.95 Å². The quantitative estimate of drug-likeness (QED) is 0.574. The summed E-state index contributed by atoms with van der Waals surface area (Å²) >= 11 is 0. The van der Waals surface area contributed by atoms with E-state index in [1.165, 1.54) is 7.05 Å². The summed E-state index contributed by atoms with van der Waals surface area (Å²) in [5.74, 6) is -1.20. The van der Waals surface area contributed by atoms with Gasteiger partial charge in [0.05, 0.1) is 11.3 Å². The summed E-state index contributed by atoms with van der Waals surface area (Å²) in [6.45, 7) is 9.41. The first-order valence-corrected chi connectivity index (χ1v) is 9.92. The Balaban J connectivity index is 3.23. The molecule has 28 heavy (non-hydrogen) atoms. The fraction of sp³-hybridized carbons (Fsp3) is 0.545. The lowest BCUT2D eigenvalue weighted by atomic mass is 9.81. The van der Waals surface area contributed by atoms with Crippen LogP contribution in [0.5, 0.6) is 0 Å². The molecular formula is C22H34FN3O2. The summed E-state index contributed by atoms with van der Waals surface area (Å²) in [5.41, 5.74) is -0.452. The molecule has 0 aliphatic heterocycles. The van der Waals surface area contributed by atoms with E-state index in [1.54, 1.807) is 32.1 Å². The van der Waals surface area contributed by atoms with Gasteiger partial charge < -0.3 is 10.4 Å². The third kappa shape index (κ3) is 6.44. The molecule has 0 aromatic carbocycles. The molecule has 1 unspecified atom stereocenters. The second-order valence-corrected chi connectivity index (χ2v) is 7.31. The van der Waals surface area contributed by atoms with Crippen molar-refractivity contribution in [3.8, 4) is 0 Å². The van der Waals surface area contributed by atoms with Gasteiger partial charge in [0.15, 0.2) is 0 Å². The molecule has 1 atom stereocenters. The fourth-order valence-electron chi connectivity index (χ4n) is 3.34. The Morgan fingerprint density at radius 3 is 2.39 bits per heavy atom. The molecule has 1 rings (SSSR count). The Labute approximate surface area is 168 Å². The van der Waals surface area contributed by atoms with Crippen molar-refractivity contribution in [3.63, 3.8) is 0 Å². The maximum absolute atomic E-state index is 14.2. The molecule has 6 heteroatoms. The lowest BCUT2D eigenvalue weighted by Gasteiger charge is -2.31. The van der Waals surface area contributed by atoms with Crippen molar-refractivity contribution in [3.05, 3.63) is 53.3 Å². The molecular weight excluding hydrogens is 357 g/mol. The average molecular weight is 392 g/mol. The molecule has 2 N–H and O–H groups in total. The largest absolute Gasteiger partial charge is 0.386 e.